The van der Waals surface area contributed by atoms with E-state index in [-0.39, 0.29) is 12.4 Å². The number of hydrogen-bond donors (Lipinski definition) is 1. The van der Waals surface area contributed by atoms with Gasteiger partial charge in [0.05, 0.1) is 20.3 Å². The van der Waals surface area contributed by atoms with Gasteiger partial charge in [-0.3, -0.25) is 0 Å². The summed E-state index contributed by atoms with van der Waals surface area (Å²) in [5, 5.41) is 3.29. The first kappa shape index (κ1) is 17.0. The topological polar surface area (TPSA) is 39.7 Å². The fraction of sp³-hybridized carbons (Fsp3) is 0.538. The average Bonchev–Trinajstić information content (AvgIpc) is 2.36. The van der Waals surface area contributed by atoms with Crippen LogP contribution in [0, 0.1) is 0 Å². The fourth-order valence-electron chi connectivity index (χ4n) is 1.57. The number of benzene rings is 1. The molecule has 0 amide bonds. The van der Waals surface area contributed by atoms with Crippen LogP contribution >= 0.6 is 12.4 Å². The molecular formula is C13H22ClNO3. The van der Waals surface area contributed by atoms with Crippen LogP contribution in [0.3, 0.4) is 0 Å². The predicted molar refractivity (Wildman–Crippen MR) is 75.0 cm³/mol. The van der Waals surface area contributed by atoms with Crippen molar-refractivity contribution in [2.75, 3.05) is 34.0 Å². The molecule has 0 fully saturated rings. The molecule has 1 rings (SSSR count). The Kier molecular flexibility index (Phi) is 9.46. The van der Waals surface area contributed by atoms with Gasteiger partial charge in [-0.05, 0) is 13.0 Å². The molecule has 18 heavy (non-hydrogen) atoms. The Morgan fingerprint density at radius 3 is 2.61 bits per heavy atom. The normalized spacial score (nSPS) is 9.72. The van der Waals surface area contributed by atoms with Crippen molar-refractivity contribution in [1.29, 1.82) is 0 Å². The van der Waals surface area contributed by atoms with Gasteiger partial charge in [0.2, 0.25) is 0 Å². The molecule has 0 atom stereocenters. The third-order valence-corrected chi connectivity index (χ3v) is 2.37. The van der Waals surface area contributed by atoms with Crippen molar-refractivity contribution in [3.05, 3.63) is 23.8 Å². The van der Waals surface area contributed by atoms with Crippen LogP contribution < -0.4 is 14.8 Å². The molecule has 0 unspecified atom stereocenters. The molecular weight excluding hydrogens is 254 g/mol. The van der Waals surface area contributed by atoms with E-state index in [9.17, 15) is 0 Å². The standard InChI is InChI=1S/C13H21NO3.ClH/c1-4-17-13-11(10-14-8-9-15-2)6-5-7-12(13)16-3;/h5-7,14H,4,8-10H2,1-3H3;1H. The second-order valence-electron chi connectivity index (χ2n) is 3.55. The van der Waals surface area contributed by atoms with Gasteiger partial charge in [-0.25, -0.2) is 0 Å². The maximum atomic E-state index is 5.62. The Hall–Kier alpha value is -0.970. The third-order valence-electron chi connectivity index (χ3n) is 2.37. The van der Waals surface area contributed by atoms with E-state index >= 15 is 0 Å². The second-order valence-corrected chi connectivity index (χ2v) is 3.55. The molecule has 5 heteroatoms. The van der Waals surface area contributed by atoms with Gasteiger partial charge in [-0.2, -0.15) is 0 Å². The number of ether oxygens (including phenoxy) is 3. The van der Waals surface area contributed by atoms with E-state index in [0.29, 0.717) is 13.2 Å². The Labute approximate surface area is 115 Å². The zero-order valence-electron chi connectivity index (χ0n) is 11.2. The summed E-state index contributed by atoms with van der Waals surface area (Å²) in [6.07, 6.45) is 0. The SMILES string of the molecule is CCOc1c(CNCCOC)cccc1OC.Cl. The molecule has 0 spiro atoms. The van der Waals surface area contributed by atoms with E-state index in [1.807, 2.05) is 25.1 Å². The predicted octanol–water partition coefficient (Wildman–Crippen LogP) is 2.25. The largest absolute Gasteiger partial charge is 0.493 e. The van der Waals surface area contributed by atoms with E-state index in [4.69, 9.17) is 14.2 Å². The van der Waals surface area contributed by atoms with E-state index in [0.717, 1.165) is 30.2 Å². The summed E-state index contributed by atoms with van der Waals surface area (Å²) in [7, 11) is 3.35. The van der Waals surface area contributed by atoms with Gasteiger partial charge in [0.1, 0.15) is 0 Å². The first-order valence-corrected chi connectivity index (χ1v) is 5.81. The Bertz CT molecular complexity index is 334. The molecule has 4 nitrogen and oxygen atoms in total. The van der Waals surface area contributed by atoms with E-state index in [1.54, 1.807) is 14.2 Å². The quantitative estimate of drug-likeness (QED) is 0.739. The molecule has 0 aliphatic rings. The highest BCUT2D eigenvalue weighted by Crippen LogP contribution is 2.30. The molecule has 0 aliphatic heterocycles. The van der Waals surface area contributed by atoms with Gasteiger partial charge in [0.25, 0.3) is 0 Å². The van der Waals surface area contributed by atoms with E-state index in [2.05, 4.69) is 5.32 Å². The van der Waals surface area contributed by atoms with Crippen LogP contribution in [0.4, 0.5) is 0 Å². The van der Waals surface area contributed by atoms with E-state index in [1.165, 1.54) is 0 Å². The summed E-state index contributed by atoms with van der Waals surface area (Å²) < 4.78 is 15.9. The van der Waals surface area contributed by atoms with Crippen LogP contribution in [0.5, 0.6) is 11.5 Å². The molecule has 0 saturated carbocycles. The van der Waals surface area contributed by atoms with E-state index < -0.39 is 0 Å². The van der Waals surface area contributed by atoms with Crippen molar-refractivity contribution in [2.45, 2.75) is 13.5 Å². The number of hydrogen-bond acceptors (Lipinski definition) is 4. The highest BCUT2D eigenvalue weighted by Gasteiger charge is 2.09. The molecule has 104 valence electrons. The maximum absolute atomic E-state index is 5.62. The van der Waals surface area contributed by atoms with Gasteiger partial charge in [-0.1, -0.05) is 12.1 Å². The van der Waals surface area contributed by atoms with Crippen molar-refractivity contribution in [3.8, 4) is 11.5 Å². The highest BCUT2D eigenvalue weighted by molar-refractivity contribution is 5.85. The summed E-state index contributed by atoms with van der Waals surface area (Å²) in [6, 6.07) is 5.91. The Morgan fingerprint density at radius 2 is 2.00 bits per heavy atom. The summed E-state index contributed by atoms with van der Waals surface area (Å²) in [4.78, 5) is 0. The zero-order chi connectivity index (χ0) is 12.5. The van der Waals surface area contributed by atoms with Crippen LogP contribution in [-0.2, 0) is 11.3 Å². The number of halogens is 1. The van der Waals surface area contributed by atoms with Crippen molar-refractivity contribution < 1.29 is 14.2 Å². The number of rotatable bonds is 8. The lowest BCUT2D eigenvalue weighted by Gasteiger charge is -2.14. The summed E-state index contributed by atoms with van der Waals surface area (Å²) in [5.41, 5.74) is 1.10. The van der Waals surface area contributed by atoms with Gasteiger partial charge in [-0.15, -0.1) is 12.4 Å². The van der Waals surface area contributed by atoms with Crippen LogP contribution in [0.15, 0.2) is 18.2 Å². The summed E-state index contributed by atoms with van der Waals surface area (Å²) >= 11 is 0. The zero-order valence-corrected chi connectivity index (χ0v) is 12.0. The minimum Gasteiger partial charge on any atom is -0.493 e. The Balaban J connectivity index is 0.00000289. The number of para-hydroxylation sites is 1. The minimum absolute atomic E-state index is 0. The first-order chi connectivity index (χ1) is 8.33. The van der Waals surface area contributed by atoms with Crippen LogP contribution in [0.25, 0.3) is 0 Å². The maximum Gasteiger partial charge on any atom is 0.165 e. The average molecular weight is 276 g/mol. The molecule has 0 aromatic heterocycles. The monoisotopic (exact) mass is 275 g/mol. The lowest BCUT2D eigenvalue weighted by Crippen LogP contribution is -2.19. The van der Waals surface area contributed by atoms with Crippen LogP contribution in [-0.4, -0.2) is 34.0 Å². The van der Waals surface area contributed by atoms with Gasteiger partial charge in [0.15, 0.2) is 11.5 Å². The van der Waals surface area contributed by atoms with Crippen molar-refractivity contribution in [1.82, 2.24) is 5.32 Å². The fourth-order valence-corrected chi connectivity index (χ4v) is 1.57. The van der Waals surface area contributed by atoms with Gasteiger partial charge in [0, 0.05) is 25.8 Å². The van der Waals surface area contributed by atoms with Gasteiger partial charge >= 0.3 is 0 Å². The smallest absolute Gasteiger partial charge is 0.165 e. The molecule has 0 aliphatic carbocycles. The summed E-state index contributed by atoms with van der Waals surface area (Å²) in [5.74, 6) is 1.60. The molecule has 0 radical (unpaired) electrons. The number of nitrogens with one attached hydrogen (secondary N) is 1. The van der Waals surface area contributed by atoms with Crippen molar-refractivity contribution in [3.63, 3.8) is 0 Å². The van der Waals surface area contributed by atoms with Crippen molar-refractivity contribution in [2.24, 2.45) is 0 Å². The summed E-state index contributed by atoms with van der Waals surface area (Å²) in [6.45, 7) is 4.86. The molecule has 0 heterocycles. The second kappa shape index (κ2) is 10.00. The Morgan fingerprint density at radius 1 is 1.22 bits per heavy atom. The third kappa shape index (κ3) is 5.12. The molecule has 0 bridgehead atoms. The highest BCUT2D eigenvalue weighted by atomic mass is 35.5. The first-order valence-electron chi connectivity index (χ1n) is 5.81. The lowest BCUT2D eigenvalue weighted by atomic mass is 10.2. The molecule has 1 aromatic carbocycles. The van der Waals surface area contributed by atoms with Crippen molar-refractivity contribution >= 4 is 12.4 Å². The minimum atomic E-state index is 0. The molecule has 0 saturated heterocycles. The molecule has 1 aromatic rings. The van der Waals surface area contributed by atoms with Crippen LogP contribution in [0.2, 0.25) is 0 Å². The van der Waals surface area contributed by atoms with Crippen LogP contribution in [0.1, 0.15) is 12.5 Å². The lowest BCUT2D eigenvalue weighted by molar-refractivity contribution is 0.199. The number of methoxy groups -OCH3 is 2. The molecule has 1 N–H and O–H groups in total. The van der Waals surface area contributed by atoms with Gasteiger partial charge < -0.3 is 19.5 Å².